The fourth-order valence-corrected chi connectivity index (χ4v) is 2.25. The highest BCUT2D eigenvalue weighted by Crippen LogP contribution is 2.15. The van der Waals surface area contributed by atoms with Crippen LogP contribution in [0, 0.1) is 5.92 Å². The summed E-state index contributed by atoms with van der Waals surface area (Å²) in [5.41, 5.74) is 11.1. The number of aliphatic imine (C=N–C) groups is 1. The number of guanidine groups is 1. The van der Waals surface area contributed by atoms with Crippen LogP contribution in [0.3, 0.4) is 0 Å². The van der Waals surface area contributed by atoms with Crippen LogP contribution in [0.4, 0.5) is 0 Å². The molecule has 7 heteroatoms. The van der Waals surface area contributed by atoms with Crippen molar-refractivity contribution in [3.8, 4) is 0 Å². The minimum Gasteiger partial charge on any atom is -0.454 e. The van der Waals surface area contributed by atoms with E-state index in [1.165, 1.54) is 6.42 Å². The molecule has 1 unspecified atom stereocenters. The molecule has 0 radical (unpaired) electrons. The summed E-state index contributed by atoms with van der Waals surface area (Å²) in [5, 5.41) is 0. The van der Waals surface area contributed by atoms with Gasteiger partial charge >= 0.3 is 0 Å². The quantitative estimate of drug-likeness (QED) is 0.463. The van der Waals surface area contributed by atoms with Gasteiger partial charge in [0.1, 0.15) is 12.3 Å². The Kier molecular flexibility index (Phi) is 6.31. The summed E-state index contributed by atoms with van der Waals surface area (Å²) in [6.45, 7) is 4.43. The summed E-state index contributed by atoms with van der Waals surface area (Å²) >= 11 is 0. The maximum Gasteiger partial charge on any atom is 0.284 e. The molecule has 1 aromatic heterocycles. The van der Waals surface area contributed by atoms with Gasteiger partial charge in [-0.05, 0) is 30.9 Å². The number of nitrogens with two attached hydrogens (primary N) is 2. The summed E-state index contributed by atoms with van der Waals surface area (Å²) in [7, 11) is 0. The van der Waals surface area contributed by atoms with Crippen LogP contribution in [-0.2, 0) is 6.54 Å². The van der Waals surface area contributed by atoms with Crippen molar-refractivity contribution in [3.05, 3.63) is 23.7 Å². The first-order chi connectivity index (χ1) is 9.06. The zero-order valence-electron chi connectivity index (χ0n) is 11.5. The van der Waals surface area contributed by atoms with Gasteiger partial charge in [0.25, 0.3) is 5.91 Å². The second kappa shape index (κ2) is 7.51. The molecule has 1 aliphatic heterocycles. The Morgan fingerprint density at radius 1 is 1.50 bits per heavy atom. The average Bonchev–Trinajstić information content (AvgIpc) is 2.85. The SMILES string of the molecule is CC1CCCN(C(N)=NCc2ccc(C(N)=O)o2)C1.I. The van der Waals surface area contributed by atoms with E-state index in [9.17, 15) is 4.79 Å². The van der Waals surface area contributed by atoms with Crippen molar-refractivity contribution < 1.29 is 9.21 Å². The second-order valence-corrected chi connectivity index (χ2v) is 5.00. The number of hydrogen-bond acceptors (Lipinski definition) is 3. The van der Waals surface area contributed by atoms with Gasteiger partial charge in [0.15, 0.2) is 11.7 Å². The molecule has 1 saturated heterocycles. The Morgan fingerprint density at radius 3 is 2.85 bits per heavy atom. The number of furan rings is 1. The molecule has 0 bridgehead atoms. The molecular formula is C13H21IN4O2. The van der Waals surface area contributed by atoms with Crippen LogP contribution in [-0.4, -0.2) is 29.9 Å². The lowest BCUT2D eigenvalue weighted by molar-refractivity contribution is 0.0972. The Labute approximate surface area is 135 Å². The number of primary amides is 1. The first kappa shape index (κ1) is 16.8. The molecular weight excluding hydrogens is 371 g/mol. The van der Waals surface area contributed by atoms with E-state index in [1.807, 2.05) is 0 Å². The van der Waals surface area contributed by atoms with Crippen LogP contribution in [0.2, 0.25) is 0 Å². The van der Waals surface area contributed by atoms with Gasteiger partial charge in [0, 0.05) is 13.1 Å². The van der Waals surface area contributed by atoms with Crippen LogP contribution in [0.15, 0.2) is 21.5 Å². The highest BCUT2D eigenvalue weighted by atomic mass is 127. The lowest BCUT2D eigenvalue weighted by Crippen LogP contribution is -2.43. The highest BCUT2D eigenvalue weighted by Gasteiger charge is 2.17. The summed E-state index contributed by atoms with van der Waals surface area (Å²) in [5.74, 6) is 1.33. The largest absolute Gasteiger partial charge is 0.454 e. The number of rotatable bonds is 3. The summed E-state index contributed by atoms with van der Waals surface area (Å²) in [4.78, 5) is 17.3. The molecule has 0 saturated carbocycles. The molecule has 1 amide bonds. The van der Waals surface area contributed by atoms with Gasteiger partial charge in [0.2, 0.25) is 0 Å². The molecule has 112 valence electrons. The third-order valence-corrected chi connectivity index (χ3v) is 3.28. The third kappa shape index (κ3) is 4.39. The van der Waals surface area contributed by atoms with Crippen molar-refractivity contribution in [2.75, 3.05) is 13.1 Å². The molecule has 2 heterocycles. The Bertz CT molecular complexity index is 486. The van der Waals surface area contributed by atoms with Crippen molar-refractivity contribution in [1.29, 1.82) is 0 Å². The van der Waals surface area contributed by atoms with Crippen molar-refractivity contribution >= 4 is 35.8 Å². The maximum absolute atomic E-state index is 10.9. The van der Waals surface area contributed by atoms with E-state index < -0.39 is 5.91 Å². The van der Waals surface area contributed by atoms with Gasteiger partial charge in [-0.1, -0.05) is 6.92 Å². The first-order valence-corrected chi connectivity index (χ1v) is 6.49. The predicted octanol–water partition coefficient (Wildman–Crippen LogP) is 1.54. The number of likely N-dealkylation sites (tertiary alicyclic amines) is 1. The van der Waals surface area contributed by atoms with Gasteiger partial charge in [-0.25, -0.2) is 4.99 Å². The van der Waals surface area contributed by atoms with E-state index in [4.69, 9.17) is 15.9 Å². The molecule has 0 spiro atoms. The summed E-state index contributed by atoms with van der Waals surface area (Å²) in [6, 6.07) is 3.24. The maximum atomic E-state index is 10.9. The highest BCUT2D eigenvalue weighted by molar-refractivity contribution is 14.0. The van der Waals surface area contributed by atoms with Crippen molar-refractivity contribution in [2.45, 2.75) is 26.3 Å². The minimum absolute atomic E-state index is 0. The van der Waals surface area contributed by atoms with Crippen molar-refractivity contribution in [1.82, 2.24) is 4.90 Å². The molecule has 4 N–H and O–H groups in total. The smallest absolute Gasteiger partial charge is 0.284 e. The number of nitrogens with zero attached hydrogens (tertiary/aromatic N) is 2. The van der Waals surface area contributed by atoms with E-state index in [-0.39, 0.29) is 29.7 Å². The fourth-order valence-electron chi connectivity index (χ4n) is 2.25. The van der Waals surface area contributed by atoms with Gasteiger partial charge in [-0.2, -0.15) is 0 Å². The van der Waals surface area contributed by atoms with E-state index in [0.29, 0.717) is 24.2 Å². The molecule has 6 nitrogen and oxygen atoms in total. The number of hydrogen-bond donors (Lipinski definition) is 2. The number of carbonyl (C=O) groups excluding carboxylic acids is 1. The zero-order valence-corrected chi connectivity index (χ0v) is 13.9. The lowest BCUT2D eigenvalue weighted by atomic mass is 10.0. The lowest BCUT2D eigenvalue weighted by Gasteiger charge is -2.31. The average molecular weight is 392 g/mol. The number of amides is 1. The molecule has 1 aliphatic rings. The summed E-state index contributed by atoms with van der Waals surface area (Å²) in [6.07, 6.45) is 2.38. The molecule has 0 aliphatic carbocycles. The normalized spacial score (nSPS) is 19.6. The van der Waals surface area contributed by atoms with E-state index in [2.05, 4.69) is 16.8 Å². The number of piperidine rings is 1. The second-order valence-electron chi connectivity index (χ2n) is 5.00. The van der Waals surface area contributed by atoms with Crippen LogP contribution in [0.25, 0.3) is 0 Å². The molecule has 1 fully saturated rings. The van der Waals surface area contributed by atoms with Gasteiger partial charge in [-0.15, -0.1) is 24.0 Å². The predicted molar refractivity (Wildman–Crippen MR) is 87.9 cm³/mol. The third-order valence-electron chi connectivity index (χ3n) is 3.28. The molecule has 1 aromatic rings. The van der Waals surface area contributed by atoms with Gasteiger partial charge in [-0.3, -0.25) is 4.79 Å². The van der Waals surface area contributed by atoms with E-state index in [1.54, 1.807) is 12.1 Å². The van der Waals surface area contributed by atoms with E-state index >= 15 is 0 Å². The Balaban J connectivity index is 0.00000200. The number of carbonyl (C=O) groups is 1. The first-order valence-electron chi connectivity index (χ1n) is 6.49. The Hall–Kier alpha value is -1.25. The Morgan fingerprint density at radius 2 is 2.25 bits per heavy atom. The monoisotopic (exact) mass is 392 g/mol. The molecule has 2 rings (SSSR count). The van der Waals surface area contributed by atoms with Gasteiger partial charge in [0.05, 0.1) is 0 Å². The standard InChI is InChI=1S/C13H20N4O2.HI/c1-9-3-2-6-17(8-9)13(15)16-7-10-4-5-11(19-10)12(14)18;/h4-5,9H,2-3,6-8H2,1H3,(H2,14,18)(H2,15,16);1H. The van der Waals surface area contributed by atoms with Crippen LogP contribution in [0.5, 0.6) is 0 Å². The van der Waals surface area contributed by atoms with Crippen molar-refractivity contribution in [3.63, 3.8) is 0 Å². The van der Waals surface area contributed by atoms with Crippen LogP contribution < -0.4 is 11.5 Å². The number of halogens is 1. The van der Waals surface area contributed by atoms with Crippen LogP contribution in [0.1, 0.15) is 36.1 Å². The molecule has 20 heavy (non-hydrogen) atoms. The summed E-state index contributed by atoms with van der Waals surface area (Å²) < 4.78 is 5.25. The molecule has 0 aromatic carbocycles. The minimum atomic E-state index is -0.576. The van der Waals surface area contributed by atoms with E-state index in [0.717, 1.165) is 19.5 Å². The van der Waals surface area contributed by atoms with Crippen LogP contribution >= 0.6 is 24.0 Å². The van der Waals surface area contributed by atoms with Crippen molar-refractivity contribution in [2.24, 2.45) is 22.4 Å². The van der Waals surface area contributed by atoms with Gasteiger partial charge < -0.3 is 20.8 Å². The topological polar surface area (TPSA) is 97.9 Å². The zero-order chi connectivity index (χ0) is 13.8. The molecule has 1 atom stereocenters. The fraction of sp³-hybridized carbons (Fsp3) is 0.538.